The number of carboxylic acids is 1. The molecule has 1 unspecified atom stereocenters. The van der Waals surface area contributed by atoms with Gasteiger partial charge in [-0.3, -0.25) is 9.59 Å². The first-order valence-electron chi connectivity index (χ1n) is 14.2. The Labute approximate surface area is 261 Å². The Kier molecular flexibility index (Phi) is 9.85. The monoisotopic (exact) mass is 602 g/mol. The van der Waals surface area contributed by atoms with E-state index in [2.05, 4.69) is 34.9 Å². The highest BCUT2D eigenvalue weighted by Crippen LogP contribution is 2.27. The summed E-state index contributed by atoms with van der Waals surface area (Å²) in [5.74, 6) is -2.77. The summed E-state index contributed by atoms with van der Waals surface area (Å²) in [6.45, 7) is 0.447. The fourth-order valence-corrected chi connectivity index (χ4v) is 5.30. The number of aliphatic carboxylic acids is 1. The lowest BCUT2D eigenvalue weighted by atomic mass is 9.91. The van der Waals surface area contributed by atoms with Crippen LogP contribution in [0.5, 0.6) is 0 Å². The topological polar surface area (TPSA) is 95.5 Å². The smallest absolute Gasteiger partial charge is 0.394 e. The second kappa shape index (κ2) is 14.3. The normalized spacial score (nSPS) is 11.5. The van der Waals surface area contributed by atoms with Gasteiger partial charge in [-0.25, -0.2) is 4.79 Å². The van der Waals surface area contributed by atoms with Crippen molar-refractivity contribution >= 4 is 29.4 Å². The van der Waals surface area contributed by atoms with Crippen molar-refractivity contribution in [3.63, 3.8) is 0 Å². The molecule has 1 atom stereocenters. The largest absolute Gasteiger partial charge is 0.474 e. The minimum absolute atomic E-state index is 0.0134. The first-order chi connectivity index (χ1) is 21.4. The van der Waals surface area contributed by atoms with Crippen LogP contribution in [0.25, 0.3) is 11.1 Å². The van der Waals surface area contributed by atoms with Crippen molar-refractivity contribution in [2.24, 2.45) is 0 Å². The lowest BCUT2D eigenvalue weighted by molar-refractivity contribution is -0.150. The van der Waals surface area contributed by atoms with E-state index in [1.807, 2.05) is 91.0 Å². The van der Waals surface area contributed by atoms with Crippen LogP contribution >= 0.6 is 11.6 Å². The fourth-order valence-electron chi connectivity index (χ4n) is 5.17. The van der Waals surface area contributed by atoms with E-state index in [4.69, 9.17) is 16.7 Å². The first-order valence-corrected chi connectivity index (χ1v) is 14.6. The number of nitrogens with one attached hydrogen (secondary N) is 2. The number of halogens is 1. The molecule has 0 aliphatic carbocycles. The van der Waals surface area contributed by atoms with Gasteiger partial charge in [0, 0.05) is 23.0 Å². The molecular weight excluding hydrogens is 572 g/mol. The molecule has 0 aliphatic rings. The molecule has 2 amide bonds. The summed E-state index contributed by atoms with van der Waals surface area (Å²) >= 11 is 6.01. The van der Waals surface area contributed by atoms with Crippen molar-refractivity contribution in [2.75, 3.05) is 6.54 Å². The van der Waals surface area contributed by atoms with E-state index in [0.29, 0.717) is 23.6 Å². The quantitative estimate of drug-likeness (QED) is 0.149. The molecule has 5 aromatic rings. The molecule has 7 heteroatoms. The zero-order valence-electron chi connectivity index (χ0n) is 23.8. The standard InChI is InChI=1S/C37H31ClN2O4/c38-32-20-14-25(15-21-32)22-34(40-36(42)37(43)44)29-18-16-26(17-19-29)30-12-7-13-31(23-30)35(41)39-24-33(27-8-3-1-4-9-27)28-10-5-2-6-11-28/h1-21,23,33-34H,22,24H2,(H,39,41)(H,40,42)(H,43,44). The van der Waals surface area contributed by atoms with Gasteiger partial charge in [-0.1, -0.05) is 121 Å². The van der Waals surface area contributed by atoms with Crippen LogP contribution in [0.15, 0.2) is 133 Å². The van der Waals surface area contributed by atoms with Crippen molar-refractivity contribution in [2.45, 2.75) is 18.4 Å². The molecule has 0 saturated carbocycles. The van der Waals surface area contributed by atoms with E-state index >= 15 is 0 Å². The lowest BCUT2D eigenvalue weighted by Gasteiger charge is -2.19. The number of rotatable bonds is 10. The van der Waals surface area contributed by atoms with Crippen LogP contribution in [0.3, 0.4) is 0 Å². The maximum atomic E-state index is 13.3. The predicted molar refractivity (Wildman–Crippen MR) is 173 cm³/mol. The third-order valence-corrected chi connectivity index (χ3v) is 7.75. The van der Waals surface area contributed by atoms with Gasteiger partial charge < -0.3 is 15.7 Å². The number of carboxylic acid groups (broad SMARTS) is 1. The third kappa shape index (κ3) is 7.79. The number of carbonyl (C=O) groups is 3. The van der Waals surface area contributed by atoms with Gasteiger partial charge >= 0.3 is 11.9 Å². The molecular formula is C37H31ClN2O4. The summed E-state index contributed by atoms with van der Waals surface area (Å²) in [6, 6.07) is 41.8. The van der Waals surface area contributed by atoms with Crippen LogP contribution < -0.4 is 10.6 Å². The maximum absolute atomic E-state index is 13.3. The van der Waals surface area contributed by atoms with Gasteiger partial charge in [-0.2, -0.15) is 0 Å². The summed E-state index contributed by atoms with van der Waals surface area (Å²) < 4.78 is 0. The Morgan fingerprint density at radius 3 is 1.86 bits per heavy atom. The van der Waals surface area contributed by atoms with Crippen molar-refractivity contribution < 1.29 is 19.5 Å². The molecule has 0 aromatic heterocycles. The van der Waals surface area contributed by atoms with E-state index in [1.54, 1.807) is 18.2 Å². The molecule has 0 aliphatic heterocycles. The van der Waals surface area contributed by atoms with E-state index in [-0.39, 0.29) is 11.8 Å². The molecule has 0 fully saturated rings. The Bertz CT molecular complexity index is 1680. The van der Waals surface area contributed by atoms with E-state index < -0.39 is 17.9 Å². The van der Waals surface area contributed by atoms with E-state index in [9.17, 15) is 14.4 Å². The molecule has 0 radical (unpaired) electrons. The summed E-state index contributed by atoms with van der Waals surface area (Å²) in [5, 5.41) is 15.5. The maximum Gasteiger partial charge on any atom is 0.394 e. The number of hydrogen-bond acceptors (Lipinski definition) is 3. The highest BCUT2D eigenvalue weighted by atomic mass is 35.5. The fraction of sp³-hybridized carbons (Fsp3) is 0.108. The van der Waals surface area contributed by atoms with Gasteiger partial charge in [0.25, 0.3) is 5.91 Å². The highest BCUT2D eigenvalue weighted by molar-refractivity contribution is 6.31. The molecule has 0 bridgehead atoms. The highest BCUT2D eigenvalue weighted by Gasteiger charge is 2.20. The predicted octanol–water partition coefficient (Wildman–Crippen LogP) is 7.05. The minimum Gasteiger partial charge on any atom is -0.474 e. The first kappa shape index (κ1) is 30.3. The Morgan fingerprint density at radius 1 is 0.659 bits per heavy atom. The average molecular weight is 603 g/mol. The number of amides is 2. The Hall–Kier alpha value is -5.20. The number of benzene rings is 5. The zero-order chi connectivity index (χ0) is 30.9. The summed E-state index contributed by atoms with van der Waals surface area (Å²) in [6.07, 6.45) is 0.387. The van der Waals surface area contributed by atoms with Crippen LogP contribution in [0.1, 0.15) is 44.6 Å². The van der Waals surface area contributed by atoms with Crippen LogP contribution in [0.2, 0.25) is 5.02 Å². The molecule has 0 spiro atoms. The van der Waals surface area contributed by atoms with Crippen LogP contribution in [-0.2, 0) is 16.0 Å². The zero-order valence-corrected chi connectivity index (χ0v) is 24.6. The summed E-state index contributed by atoms with van der Waals surface area (Å²) in [5.41, 5.74) is 6.18. The van der Waals surface area contributed by atoms with Gasteiger partial charge in [-0.05, 0) is 64.1 Å². The Balaban J connectivity index is 1.31. The molecule has 44 heavy (non-hydrogen) atoms. The molecule has 0 heterocycles. The van der Waals surface area contributed by atoms with Crippen molar-refractivity contribution in [3.8, 4) is 11.1 Å². The second-order valence-electron chi connectivity index (χ2n) is 10.4. The van der Waals surface area contributed by atoms with Crippen molar-refractivity contribution in [1.29, 1.82) is 0 Å². The van der Waals surface area contributed by atoms with Crippen LogP contribution in [0, 0.1) is 0 Å². The van der Waals surface area contributed by atoms with Gasteiger partial charge in [-0.15, -0.1) is 0 Å². The molecule has 6 nitrogen and oxygen atoms in total. The molecule has 5 aromatic carbocycles. The molecule has 220 valence electrons. The van der Waals surface area contributed by atoms with Crippen LogP contribution in [-0.4, -0.2) is 29.4 Å². The van der Waals surface area contributed by atoms with Gasteiger partial charge in [0.05, 0.1) is 6.04 Å². The van der Waals surface area contributed by atoms with Gasteiger partial charge in [0.2, 0.25) is 0 Å². The van der Waals surface area contributed by atoms with Gasteiger partial charge in [0.1, 0.15) is 0 Å². The van der Waals surface area contributed by atoms with Gasteiger partial charge in [0.15, 0.2) is 0 Å². The molecule has 5 rings (SSSR count). The number of carbonyl (C=O) groups excluding carboxylic acids is 2. The SMILES string of the molecule is O=C(O)C(=O)NC(Cc1ccc(Cl)cc1)c1ccc(-c2cccc(C(=O)NCC(c3ccccc3)c3ccccc3)c2)cc1. The number of hydrogen-bond donors (Lipinski definition) is 3. The second-order valence-corrected chi connectivity index (χ2v) is 10.9. The van der Waals surface area contributed by atoms with Crippen LogP contribution in [0.4, 0.5) is 0 Å². The lowest BCUT2D eigenvalue weighted by Crippen LogP contribution is -2.35. The minimum atomic E-state index is -1.54. The average Bonchev–Trinajstić information content (AvgIpc) is 3.06. The summed E-state index contributed by atoms with van der Waals surface area (Å²) in [4.78, 5) is 36.6. The van der Waals surface area contributed by atoms with E-state index in [1.165, 1.54) is 0 Å². The third-order valence-electron chi connectivity index (χ3n) is 7.49. The van der Waals surface area contributed by atoms with Crippen molar-refractivity contribution in [3.05, 3.63) is 166 Å². The molecule has 0 saturated heterocycles. The summed E-state index contributed by atoms with van der Waals surface area (Å²) in [7, 11) is 0. The van der Waals surface area contributed by atoms with Crippen molar-refractivity contribution in [1.82, 2.24) is 10.6 Å². The van der Waals surface area contributed by atoms with E-state index in [0.717, 1.165) is 33.4 Å². The molecule has 3 N–H and O–H groups in total. The Morgan fingerprint density at radius 2 is 1.27 bits per heavy atom.